The highest BCUT2D eigenvalue weighted by molar-refractivity contribution is 6.35. The number of carbonyl (C=O) groups is 3. The third-order valence-electron chi connectivity index (χ3n) is 5.36. The van der Waals surface area contributed by atoms with Gasteiger partial charge in [0.2, 0.25) is 5.91 Å². The second kappa shape index (κ2) is 9.19. The Morgan fingerprint density at radius 2 is 1.86 bits per heavy atom. The lowest BCUT2D eigenvalue weighted by atomic mass is 10.1. The average molecular weight is 387 g/mol. The van der Waals surface area contributed by atoms with Gasteiger partial charge in [-0.25, -0.2) is 0 Å². The van der Waals surface area contributed by atoms with Crippen LogP contribution in [-0.4, -0.2) is 66.4 Å². The van der Waals surface area contributed by atoms with Gasteiger partial charge in [-0.1, -0.05) is 36.8 Å². The fourth-order valence-electron chi connectivity index (χ4n) is 3.56. The summed E-state index contributed by atoms with van der Waals surface area (Å²) in [5, 5.41) is 2.89. The fraction of sp³-hybridized carbons (Fsp3) is 0.571. The van der Waals surface area contributed by atoms with Gasteiger partial charge in [-0.2, -0.15) is 0 Å². The number of hydrogen-bond donors (Lipinski definition) is 1. The third kappa shape index (κ3) is 5.10. The summed E-state index contributed by atoms with van der Waals surface area (Å²) in [5.74, 6) is -1.52. The number of ether oxygens (including phenoxy) is 1. The quantitative estimate of drug-likeness (QED) is 0.711. The van der Waals surface area contributed by atoms with Gasteiger partial charge in [0.15, 0.2) is 0 Å². The molecule has 0 saturated carbocycles. The number of nitrogens with zero attached hydrogens (tertiary/aromatic N) is 2. The van der Waals surface area contributed by atoms with E-state index in [0.717, 1.165) is 30.6 Å². The van der Waals surface area contributed by atoms with Gasteiger partial charge in [0.05, 0.1) is 12.0 Å². The lowest BCUT2D eigenvalue weighted by molar-refractivity contribution is -0.157. The van der Waals surface area contributed by atoms with Crippen molar-refractivity contribution in [1.82, 2.24) is 15.1 Å². The minimum Gasteiger partial charge on any atom is -0.376 e. The highest BCUT2D eigenvalue weighted by Gasteiger charge is 2.34. The van der Waals surface area contributed by atoms with Crippen molar-refractivity contribution < 1.29 is 19.1 Å². The molecule has 1 aromatic carbocycles. The molecule has 0 spiro atoms. The first kappa shape index (κ1) is 20.3. The normalized spacial score (nSPS) is 21.1. The number of aryl methyl sites for hydroxylation is 1. The van der Waals surface area contributed by atoms with Crippen molar-refractivity contribution in [3.05, 3.63) is 35.4 Å². The molecule has 1 aromatic rings. The molecule has 3 amide bonds. The van der Waals surface area contributed by atoms with E-state index < -0.39 is 11.8 Å². The molecular formula is C21H29N3O4. The molecule has 2 fully saturated rings. The highest BCUT2D eigenvalue weighted by Crippen LogP contribution is 2.14. The molecule has 7 heteroatoms. The maximum Gasteiger partial charge on any atom is 0.312 e. The monoisotopic (exact) mass is 387 g/mol. The van der Waals surface area contributed by atoms with Crippen LogP contribution >= 0.6 is 0 Å². The van der Waals surface area contributed by atoms with E-state index in [9.17, 15) is 14.4 Å². The van der Waals surface area contributed by atoms with E-state index in [1.165, 1.54) is 4.90 Å². The van der Waals surface area contributed by atoms with Crippen LogP contribution in [0.3, 0.4) is 0 Å². The zero-order valence-corrected chi connectivity index (χ0v) is 16.6. The molecule has 0 bridgehead atoms. The van der Waals surface area contributed by atoms with Gasteiger partial charge in [-0.15, -0.1) is 0 Å². The minimum atomic E-state index is -0.530. The highest BCUT2D eigenvalue weighted by atomic mass is 16.5. The first-order chi connectivity index (χ1) is 13.4. The summed E-state index contributed by atoms with van der Waals surface area (Å²) < 4.78 is 5.50. The molecule has 2 aliphatic rings. The van der Waals surface area contributed by atoms with Crippen molar-refractivity contribution in [3.8, 4) is 0 Å². The zero-order valence-electron chi connectivity index (χ0n) is 16.6. The van der Waals surface area contributed by atoms with Crippen LogP contribution < -0.4 is 5.32 Å². The Morgan fingerprint density at radius 3 is 2.54 bits per heavy atom. The van der Waals surface area contributed by atoms with Crippen LogP contribution in [0.5, 0.6) is 0 Å². The number of benzene rings is 1. The predicted molar refractivity (Wildman–Crippen MR) is 104 cm³/mol. The first-order valence-electron chi connectivity index (χ1n) is 9.97. The molecule has 2 saturated heterocycles. The Morgan fingerprint density at radius 1 is 1.18 bits per heavy atom. The average Bonchev–Trinajstić information content (AvgIpc) is 3.21. The maximum absolute atomic E-state index is 12.5. The standard InChI is InChI=1S/C21H29N3O4/c1-15-5-7-17(8-6-15)14-24-10-9-23(20(26)21(24)27)13-16(2)19(25)22-12-18-4-3-11-28-18/h5-8,16,18H,3-4,9-14H2,1-2H3,(H,22,25). The molecule has 0 radical (unpaired) electrons. The Kier molecular flexibility index (Phi) is 6.67. The van der Waals surface area contributed by atoms with E-state index >= 15 is 0 Å². The molecular weight excluding hydrogens is 358 g/mol. The SMILES string of the molecule is Cc1ccc(CN2CCN(CC(C)C(=O)NCC3CCCO3)C(=O)C2=O)cc1. The van der Waals surface area contributed by atoms with E-state index in [0.29, 0.717) is 26.2 Å². The molecule has 3 rings (SSSR count). The Bertz CT molecular complexity index is 713. The smallest absolute Gasteiger partial charge is 0.312 e. The second-order valence-corrected chi connectivity index (χ2v) is 7.74. The van der Waals surface area contributed by atoms with E-state index in [1.807, 2.05) is 31.2 Å². The second-order valence-electron chi connectivity index (χ2n) is 7.74. The van der Waals surface area contributed by atoms with Crippen LogP contribution in [0.1, 0.15) is 30.9 Å². The summed E-state index contributed by atoms with van der Waals surface area (Å²) >= 11 is 0. The number of rotatable bonds is 7. The van der Waals surface area contributed by atoms with Crippen molar-refractivity contribution in [1.29, 1.82) is 0 Å². The van der Waals surface area contributed by atoms with E-state index in [-0.39, 0.29) is 24.5 Å². The Balaban J connectivity index is 1.48. The minimum absolute atomic E-state index is 0.0877. The summed E-state index contributed by atoms with van der Waals surface area (Å²) in [7, 11) is 0. The van der Waals surface area contributed by atoms with E-state index in [1.54, 1.807) is 11.8 Å². The molecule has 2 atom stereocenters. The van der Waals surface area contributed by atoms with Gasteiger partial charge in [0, 0.05) is 39.3 Å². The van der Waals surface area contributed by atoms with E-state index in [2.05, 4.69) is 5.32 Å². The van der Waals surface area contributed by atoms with Gasteiger partial charge in [0.25, 0.3) is 0 Å². The van der Waals surface area contributed by atoms with Crippen molar-refractivity contribution >= 4 is 17.7 Å². The molecule has 2 unspecified atom stereocenters. The summed E-state index contributed by atoms with van der Waals surface area (Å²) in [5.41, 5.74) is 2.16. The van der Waals surface area contributed by atoms with Crippen LogP contribution in [-0.2, 0) is 25.7 Å². The fourth-order valence-corrected chi connectivity index (χ4v) is 3.56. The molecule has 7 nitrogen and oxygen atoms in total. The number of nitrogens with one attached hydrogen (secondary N) is 1. The van der Waals surface area contributed by atoms with Crippen LogP contribution in [0.4, 0.5) is 0 Å². The van der Waals surface area contributed by atoms with Crippen molar-refractivity contribution in [2.24, 2.45) is 5.92 Å². The summed E-state index contributed by atoms with van der Waals surface area (Å²) in [6, 6.07) is 7.93. The topological polar surface area (TPSA) is 79.0 Å². The lowest BCUT2D eigenvalue weighted by Crippen LogP contribution is -2.55. The third-order valence-corrected chi connectivity index (χ3v) is 5.36. The number of piperazine rings is 1. The Labute approximate surface area is 166 Å². The van der Waals surface area contributed by atoms with Crippen LogP contribution in [0.15, 0.2) is 24.3 Å². The van der Waals surface area contributed by atoms with Gasteiger partial charge in [-0.05, 0) is 25.3 Å². The molecule has 28 heavy (non-hydrogen) atoms. The van der Waals surface area contributed by atoms with Crippen LogP contribution in [0, 0.1) is 12.8 Å². The van der Waals surface area contributed by atoms with Gasteiger partial charge in [0.1, 0.15) is 0 Å². The lowest BCUT2D eigenvalue weighted by Gasteiger charge is -2.35. The van der Waals surface area contributed by atoms with Crippen molar-refractivity contribution in [3.63, 3.8) is 0 Å². The predicted octanol–water partition coefficient (Wildman–Crippen LogP) is 1.10. The van der Waals surface area contributed by atoms with Gasteiger partial charge in [-0.3, -0.25) is 14.4 Å². The number of amides is 3. The summed E-state index contributed by atoms with van der Waals surface area (Å²) in [6.45, 7) is 6.63. The molecule has 152 valence electrons. The van der Waals surface area contributed by atoms with Gasteiger partial charge < -0.3 is 19.9 Å². The largest absolute Gasteiger partial charge is 0.376 e. The van der Waals surface area contributed by atoms with Crippen LogP contribution in [0.2, 0.25) is 0 Å². The first-order valence-corrected chi connectivity index (χ1v) is 9.97. The van der Waals surface area contributed by atoms with Crippen molar-refractivity contribution in [2.75, 3.05) is 32.8 Å². The molecule has 0 aliphatic carbocycles. The molecule has 0 aromatic heterocycles. The molecule has 1 N–H and O–H groups in total. The van der Waals surface area contributed by atoms with E-state index in [4.69, 9.17) is 4.74 Å². The molecule has 2 heterocycles. The van der Waals surface area contributed by atoms with Gasteiger partial charge >= 0.3 is 11.8 Å². The zero-order chi connectivity index (χ0) is 20.1. The summed E-state index contributed by atoms with van der Waals surface area (Å²) in [4.78, 5) is 40.3. The maximum atomic E-state index is 12.5. The van der Waals surface area contributed by atoms with Crippen molar-refractivity contribution in [2.45, 2.75) is 39.3 Å². The Hall–Kier alpha value is -2.41. The number of carbonyl (C=O) groups excluding carboxylic acids is 3. The summed E-state index contributed by atoms with van der Waals surface area (Å²) in [6.07, 6.45) is 2.08. The number of hydrogen-bond acceptors (Lipinski definition) is 4. The van der Waals surface area contributed by atoms with Crippen LogP contribution in [0.25, 0.3) is 0 Å². The molecule has 2 aliphatic heterocycles.